The molecule has 0 saturated heterocycles. The Kier molecular flexibility index (Phi) is 5.17. The second-order valence-corrected chi connectivity index (χ2v) is 7.55. The van der Waals surface area contributed by atoms with Gasteiger partial charge in [-0.25, -0.2) is 8.42 Å². The Hall–Kier alpha value is -2.55. The minimum absolute atomic E-state index is 0.0263. The van der Waals surface area contributed by atoms with Gasteiger partial charge >= 0.3 is 0 Å². The molecular weight excluding hydrogens is 356 g/mol. The van der Waals surface area contributed by atoms with Gasteiger partial charge in [0.05, 0.1) is 22.6 Å². The Bertz CT molecular complexity index is 903. The summed E-state index contributed by atoms with van der Waals surface area (Å²) in [5.41, 5.74) is 1.72. The van der Waals surface area contributed by atoms with Crippen molar-refractivity contribution < 1.29 is 22.8 Å². The molecule has 0 bridgehead atoms. The molecule has 136 valence electrons. The summed E-state index contributed by atoms with van der Waals surface area (Å²) in [6, 6.07) is 13.0. The lowest BCUT2D eigenvalue weighted by Gasteiger charge is -2.13. The van der Waals surface area contributed by atoms with Gasteiger partial charge in [-0.1, -0.05) is 34.7 Å². The normalized spacial score (nSPS) is 14.0. The van der Waals surface area contributed by atoms with Crippen LogP contribution in [-0.4, -0.2) is 38.3 Å². The molecule has 1 N–H and O–H groups in total. The van der Waals surface area contributed by atoms with Gasteiger partial charge in [-0.3, -0.25) is 19.3 Å². The van der Waals surface area contributed by atoms with Gasteiger partial charge in [-0.2, -0.15) is 0 Å². The van der Waals surface area contributed by atoms with Crippen LogP contribution in [0.4, 0.5) is 0 Å². The van der Waals surface area contributed by atoms with Gasteiger partial charge in [-0.15, -0.1) is 0 Å². The monoisotopic (exact) mass is 374 g/mol. The highest BCUT2D eigenvalue weighted by Gasteiger charge is 2.34. The molecule has 8 heteroatoms. The van der Waals surface area contributed by atoms with Crippen LogP contribution in [0, 0.1) is 6.92 Å². The number of fused-ring (bicyclic) bond motifs is 1. The van der Waals surface area contributed by atoms with E-state index in [1.54, 1.807) is 36.4 Å². The predicted molar refractivity (Wildman–Crippen MR) is 93.9 cm³/mol. The number of nitrogens with zero attached hydrogens (tertiary/aromatic N) is 1. The molecule has 1 heterocycles. The smallest absolute Gasteiger partial charge is 0.262 e. The first-order valence-electron chi connectivity index (χ1n) is 8.05. The molecule has 26 heavy (non-hydrogen) atoms. The molecule has 1 aliphatic rings. The standard InChI is InChI=1S/C18H18N2O5S/c1-13-7-9-14(10-8-13)26(23,24)19-25-12-4-11-20-17(21)15-5-2-3-6-16(15)18(20)22/h2-3,5-10,19H,4,11-12H2,1H3. The molecule has 7 nitrogen and oxygen atoms in total. The predicted octanol–water partition coefficient (Wildman–Crippen LogP) is 1.89. The third-order valence-corrected chi connectivity index (χ3v) is 5.24. The summed E-state index contributed by atoms with van der Waals surface area (Å²) in [5.74, 6) is -0.684. The number of imide groups is 1. The number of sulfonamides is 1. The molecule has 0 radical (unpaired) electrons. The van der Waals surface area contributed by atoms with Crippen LogP contribution >= 0.6 is 0 Å². The summed E-state index contributed by atoms with van der Waals surface area (Å²) in [5, 5.41) is 0. The third kappa shape index (κ3) is 3.67. The van der Waals surface area contributed by atoms with Crippen LogP contribution in [-0.2, 0) is 14.9 Å². The molecule has 2 amide bonds. The number of hydrogen-bond acceptors (Lipinski definition) is 5. The van der Waals surface area contributed by atoms with Crippen molar-refractivity contribution >= 4 is 21.8 Å². The van der Waals surface area contributed by atoms with Gasteiger partial charge in [0.1, 0.15) is 0 Å². The first-order chi connectivity index (χ1) is 12.4. The molecule has 2 aromatic carbocycles. The van der Waals surface area contributed by atoms with Crippen molar-refractivity contribution in [3.8, 4) is 0 Å². The van der Waals surface area contributed by atoms with E-state index < -0.39 is 10.0 Å². The second kappa shape index (κ2) is 7.36. The second-order valence-electron chi connectivity index (χ2n) is 5.91. The van der Waals surface area contributed by atoms with Crippen molar-refractivity contribution in [2.45, 2.75) is 18.2 Å². The first kappa shape index (κ1) is 18.2. The highest BCUT2D eigenvalue weighted by Crippen LogP contribution is 2.22. The van der Waals surface area contributed by atoms with Gasteiger partial charge in [0.15, 0.2) is 0 Å². The molecular formula is C18H18N2O5S. The van der Waals surface area contributed by atoms with Gasteiger partial charge < -0.3 is 0 Å². The lowest BCUT2D eigenvalue weighted by atomic mass is 10.1. The minimum atomic E-state index is -3.76. The van der Waals surface area contributed by atoms with Crippen LogP contribution in [0.5, 0.6) is 0 Å². The Morgan fingerprint density at radius 1 is 0.962 bits per heavy atom. The fraction of sp³-hybridized carbons (Fsp3) is 0.222. The zero-order valence-corrected chi connectivity index (χ0v) is 15.0. The molecule has 3 rings (SSSR count). The summed E-state index contributed by atoms with van der Waals surface area (Å²) >= 11 is 0. The third-order valence-electron chi connectivity index (χ3n) is 4.01. The number of benzene rings is 2. The Labute approximate surface area is 151 Å². The van der Waals surface area contributed by atoms with Gasteiger partial charge in [0.25, 0.3) is 21.8 Å². The zero-order valence-electron chi connectivity index (χ0n) is 14.1. The Morgan fingerprint density at radius 3 is 2.12 bits per heavy atom. The van der Waals surface area contributed by atoms with Crippen molar-refractivity contribution in [2.75, 3.05) is 13.2 Å². The highest BCUT2D eigenvalue weighted by atomic mass is 32.2. The Balaban J connectivity index is 1.49. The fourth-order valence-corrected chi connectivity index (χ4v) is 3.45. The maximum Gasteiger partial charge on any atom is 0.262 e. The largest absolute Gasteiger partial charge is 0.287 e. The summed E-state index contributed by atoms with van der Waals surface area (Å²) in [7, 11) is -3.76. The maximum absolute atomic E-state index is 12.2. The molecule has 1 aliphatic heterocycles. The van der Waals surface area contributed by atoms with Gasteiger partial charge in [0, 0.05) is 6.54 Å². The molecule has 0 unspecified atom stereocenters. The number of rotatable bonds is 7. The lowest BCUT2D eigenvalue weighted by molar-refractivity contribution is 0.0591. The van der Waals surface area contributed by atoms with E-state index in [2.05, 4.69) is 0 Å². The van der Waals surface area contributed by atoms with Crippen LogP contribution < -0.4 is 4.89 Å². The quantitative estimate of drug-likeness (QED) is 0.454. The summed E-state index contributed by atoms with van der Waals surface area (Å²) in [6.45, 7) is 2.04. The molecule has 0 atom stereocenters. The maximum atomic E-state index is 12.2. The molecule has 0 saturated carbocycles. The molecule has 0 aliphatic carbocycles. The number of hydrogen-bond donors (Lipinski definition) is 1. The van der Waals surface area contributed by atoms with Crippen LogP contribution in [0.15, 0.2) is 53.4 Å². The van der Waals surface area contributed by atoms with E-state index >= 15 is 0 Å². The van der Waals surface area contributed by atoms with Crippen LogP contribution in [0.1, 0.15) is 32.7 Å². The van der Waals surface area contributed by atoms with E-state index in [1.807, 2.05) is 11.8 Å². The van der Waals surface area contributed by atoms with Crippen molar-refractivity contribution in [1.82, 2.24) is 9.79 Å². The SMILES string of the molecule is Cc1ccc(S(=O)(=O)NOCCCN2C(=O)c3ccccc3C2=O)cc1. The van der Waals surface area contributed by atoms with E-state index in [4.69, 9.17) is 4.84 Å². The summed E-state index contributed by atoms with van der Waals surface area (Å²) in [4.78, 5) is 32.7. The van der Waals surface area contributed by atoms with Crippen molar-refractivity contribution in [1.29, 1.82) is 0 Å². The molecule has 0 fully saturated rings. The lowest BCUT2D eigenvalue weighted by Crippen LogP contribution is -2.32. The zero-order chi connectivity index (χ0) is 18.7. The summed E-state index contributed by atoms with van der Waals surface area (Å²) in [6.07, 6.45) is 0.307. The number of amides is 2. The molecule has 0 spiro atoms. The number of carbonyl (C=O) groups is 2. The van der Waals surface area contributed by atoms with Gasteiger partial charge in [0.2, 0.25) is 0 Å². The van der Waals surface area contributed by atoms with Crippen molar-refractivity contribution in [3.05, 3.63) is 65.2 Å². The van der Waals surface area contributed by atoms with Crippen LogP contribution in [0.2, 0.25) is 0 Å². The average Bonchev–Trinajstić information content (AvgIpc) is 2.87. The van der Waals surface area contributed by atoms with Crippen molar-refractivity contribution in [3.63, 3.8) is 0 Å². The summed E-state index contributed by atoms with van der Waals surface area (Å²) < 4.78 is 24.1. The van der Waals surface area contributed by atoms with Crippen molar-refractivity contribution in [2.24, 2.45) is 0 Å². The Morgan fingerprint density at radius 2 is 1.54 bits per heavy atom. The van der Waals surface area contributed by atoms with E-state index in [0.717, 1.165) is 10.5 Å². The fourth-order valence-electron chi connectivity index (χ4n) is 2.62. The number of nitrogens with one attached hydrogen (secondary N) is 1. The minimum Gasteiger partial charge on any atom is -0.287 e. The number of aryl methyl sites for hydroxylation is 1. The van der Waals surface area contributed by atoms with Gasteiger partial charge in [-0.05, 0) is 37.6 Å². The average molecular weight is 374 g/mol. The van der Waals surface area contributed by atoms with Crippen LogP contribution in [0.3, 0.4) is 0 Å². The van der Waals surface area contributed by atoms with E-state index in [1.165, 1.54) is 12.1 Å². The molecule has 0 aromatic heterocycles. The van der Waals surface area contributed by atoms with E-state index in [0.29, 0.717) is 17.5 Å². The number of carbonyl (C=O) groups excluding carboxylic acids is 2. The van der Waals surface area contributed by atoms with E-state index in [-0.39, 0.29) is 29.9 Å². The van der Waals surface area contributed by atoms with Crippen LogP contribution in [0.25, 0.3) is 0 Å². The first-order valence-corrected chi connectivity index (χ1v) is 9.54. The topological polar surface area (TPSA) is 92.8 Å². The van der Waals surface area contributed by atoms with E-state index in [9.17, 15) is 18.0 Å². The highest BCUT2D eigenvalue weighted by molar-refractivity contribution is 7.89. The molecule has 2 aromatic rings.